The Balaban J connectivity index is 1.64. The van der Waals surface area contributed by atoms with Crippen molar-refractivity contribution in [3.05, 3.63) is 10.6 Å². The molecule has 0 saturated carbocycles. The van der Waals surface area contributed by atoms with E-state index in [0.29, 0.717) is 25.0 Å². The second kappa shape index (κ2) is 5.31. The van der Waals surface area contributed by atoms with Crippen LogP contribution in [0, 0.1) is 0 Å². The monoisotopic (exact) mass is 269 g/mol. The molecule has 0 spiro atoms. The first-order chi connectivity index (χ1) is 8.83. The highest BCUT2D eigenvalue weighted by Gasteiger charge is 2.24. The Morgan fingerprint density at radius 3 is 3.22 bits per heavy atom. The number of nitrogens with zero attached hydrogens (tertiary/aromatic N) is 1. The third-order valence-corrected chi connectivity index (χ3v) is 3.95. The summed E-state index contributed by atoms with van der Waals surface area (Å²) in [4.78, 5) is 17.6. The fourth-order valence-electron chi connectivity index (χ4n) is 2.00. The number of amides is 1. The van der Waals surface area contributed by atoms with Crippen LogP contribution in [0.15, 0.2) is 0 Å². The molecule has 98 valence electrons. The first-order valence-electron chi connectivity index (χ1n) is 6.02. The number of anilines is 1. The summed E-state index contributed by atoms with van der Waals surface area (Å²) in [6.07, 6.45) is 0.405. The summed E-state index contributed by atoms with van der Waals surface area (Å²) in [7, 11) is 0. The van der Waals surface area contributed by atoms with Gasteiger partial charge in [-0.3, -0.25) is 10.1 Å². The van der Waals surface area contributed by atoms with E-state index in [0.717, 1.165) is 25.2 Å². The summed E-state index contributed by atoms with van der Waals surface area (Å²) in [6.45, 7) is 3.13. The SMILES string of the molecule is O=C(Nc1nc2c(s1)CNCC2)C1COCCO1. The van der Waals surface area contributed by atoms with Crippen LogP contribution in [0.1, 0.15) is 10.6 Å². The molecule has 1 saturated heterocycles. The van der Waals surface area contributed by atoms with E-state index >= 15 is 0 Å². The Hall–Kier alpha value is -1.02. The average molecular weight is 269 g/mol. The molecule has 2 N–H and O–H groups in total. The number of carbonyl (C=O) groups is 1. The van der Waals surface area contributed by atoms with Crippen molar-refractivity contribution in [3.8, 4) is 0 Å². The molecular formula is C11H15N3O3S. The van der Waals surface area contributed by atoms with Crippen molar-refractivity contribution in [2.24, 2.45) is 0 Å². The first-order valence-corrected chi connectivity index (χ1v) is 6.84. The first kappa shape index (κ1) is 12.0. The maximum Gasteiger partial charge on any atom is 0.257 e. The zero-order valence-electron chi connectivity index (χ0n) is 9.90. The highest BCUT2D eigenvalue weighted by molar-refractivity contribution is 7.15. The van der Waals surface area contributed by atoms with Crippen molar-refractivity contribution in [2.75, 3.05) is 31.7 Å². The molecule has 0 aliphatic carbocycles. The van der Waals surface area contributed by atoms with Gasteiger partial charge in [0.2, 0.25) is 0 Å². The highest BCUT2D eigenvalue weighted by atomic mass is 32.1. The smallest absolute Gasteiger partial charge is 0.257 e. The predicted octanol–water partition coefficient (Wildman–Crippen LogP) is 0.143. The summed E-state index contributed by atoms with van der Waals surface area (Å²) in [5.41, 5.74) is 1.09. The minimum atomic E-state index is -0.516. The molecule has 1 atom stereocenters. The number of fused-ring (bicyclic) bond motifs is 1. The Morgan fingerprint density at radius 1 is 1.50 bits per heavy atom. The van der Waals surface area contributed by atoms with Crippen LogP contribution in [0.3, 0.4) is 0 Å². The fraction of sp³-hybridized carbons (Fsp3) is 0.636. The lowest BCUT2D eigenvalue weighted by atomic mass is 10.2. The summed E-state index contributed by atoms with van der Waals surface area (Å²) in [5, 5.41) is 6.74. The van der Waals surface area contributed by atoms with Crippen molar-refractivity contribution in [1.29, 1.82) is 0 Å². The van der Waals surface area contributed by atoms with Crippen LogP contribution >= 0.6 is 11.3 Å². The molecule has 1 aromatic rings. The van der Waals surface area contributed by atoms with Crippen LogP contribution < -0.4 is 10.6 Å². The lowest BCUT2D eigenvalue weighted by molar-refractivity contribution is -0.142. The van der Waals surface area contributed by atoms with Gasteiger partial charge in [0, 0.05) is 24.4 Å². The van der Waals surface area contributed by atoms with E-state index in [9.17, 15) is 4.79 Å². The number of carbonyl (C=O) groups excluding carboxylic acids is 1. The second-order valence-corrected chi connectivity index (χ2v) is 5.32. The summed E-state index contributed by atoms with van der Waals surface area (Å²) >= 11 is 1.53. The van der Waals surface area contributed by atoms with Gasteiger partial charge in [-0.15, -0.1) is 11.3 Å². The van der Waals surface area contributed by atoms with E-state index in [1.165, 1.54) is 16.2 Å². The average Bonchev–Trinajstić information content (AvgIpc) is 2.82. The minimum absolute atomic E-state index is 0.172. The largest absolute Gasteiger partial charge is 0.376 e. The molecule has 2 aliphatic heterocycles. The number of hydrogen-bond acceptors (Lipinski definition) is 6. The van der Waals surface area contributed by atoms with E-state index in [1.54, 1.807) is 0 Å². The third-order valence-electron chi connectivity index (χ3n) is 2.94. The molecule has 7 heteroatoms. The quantitative estimate of drug-likeness (QED) is 0.799. The topological polar surface area (TPSA) is 72.5 Å². The van der Waals surface area contributed by atoms with Crippen molar-refractivity contribution in [1.82, 2.24) is 10.3 Å². The normalized spacial score (nSPS) is 23.4. The summed E-state index contributed by atoms with van der Waals surface area (Å²) in [5.74, 6) is -0.172. The molecule has 18 heavy (non-hydrogen) atoms. The molecule has 1 fully saturated rings. The van der Waals surface area contributed by atoms with Crippen molar-refractivity contribution in [3.63, 3.8) is 0 Å². The standard InChI is InChI=1S/C11H15N3O3S/c15-10(8-6-16-3-4-17-8)14-11-13-7-1-2-12-5-9(7)18-11/h8,12H,1-6H2,(H,13,14,15). The third kappa shape index (κ3) is 2.54. The molecule has 1 amide bonds. The van der Waals surface area contributed by atoms with Crippen LogP contribution in [0.2, 0.25) is 0 Å². The van der Waals surface area contributed by atoms with E-state index in [4.69, 9.17) is 9.47 Å². The maximum absolute atomic E-state index is 11.9. The van der Waals surface area contributed by atoms with Gasteiger partial charge < -0.3 is 14.8 Å². The number of rotatable bonds is 2. The molecular weight excluding hydrogens is 254 g/mol. The Morgan fingerprint density at radius 2 is 2.44 bits per heavy atom. The van der Waals surface area contributed by atoms with Crippen molar-refractivity contribution >= 4 is 22.4 Å². The van der Waals surface area contributed by atoms with Gasteiger partial charge in [-0.1, -0.05) is 0 Å². The molecule has 2 aliphatic rings. The zero-order chi connectivity index (χ0) is 12.4. The van der Waals surface area contributed by atoms with Crippen molar-refractivity contribution < 1.29 is 14.3 Å². The van der Waals surface area contributed by atoms with Crippen LogP contribution in [-0.2, 0) is 27.2 Å². The van der Waals surface area contributed by atoms with Gasteiger partial charge in [0.05, 0.1) is 25.5 Å². The lowest BCUT2D eigenvalue weighted by Gasteiger charge is -2.21. The lowest BCUT2D eigenvalue weighted by Crippen LogP contribution is -2.39. The predicted molar refractivity (Wildman–Crippen MR) is 66.7 cm³/mol. The molecule has 6 nitrogen and oxygen atoms in total. The molecule has 0 radical (unpaired) electrons. The molecule has 1 unspecified atom stereocenters. The number of nitrogens with one attached hydrogen (secondary N) is 2. The van der Waals surface area contributed by atoms with E-state index in [1.807, 2.05) is 0 Å². The highest BCUT2D eigenvalue weighted by Crippen LogP contribution is 2.25. The fourth-order valence-corrected chi connectivity index (χ4v) is 2.98. The molecule has 3 rings (SSSR count). The number of aromatic nitrogens is 1. The summed E-state index contributed by atoms with van der Waals surface area (Å²) < 4.78 is 10.6. The van der Waals surface area contributed by atoms with Gasteiger partial charge in [-0.05, 0) is 0 Å². The van der Waals surface area contributed by atoms with Crippen LogP contribution in [0.25, 0.3) is 0 Å². The Bertz CT molecular complexity index is 419. The second-order valence-electron chi connectivity index (χ2n) is 4.24. The zero-order valence-corrected chi connectivity index (χ0v) is 10.7. The van der Waals surface area contributed by atoms with Gasteiger partial charge in [0.1, 0.15) is 0 Å². The van der Waals surface area contributed by atoms with Gasteiger partial charge in [0.25, 0.3) is 5.91 Å². The van der Waals surface area contributed by atoms with Crippen LogP contribution in [0.4, 0.5) is 5.13 Å². The Kier molecular flexibility index (Phi) is 3.55. The van der Waals surface area contributed by atoms with Gasteiger partial charge in [0.15, 0.2) is 11.2 Å². The molecule has 3 heterocycles. The van der Waals surface area contributed by atoms with Gasteiger partial charge >= 0.3 is 0 Å². The molecule has 0 aromatic carbocycles. The maximum atomic E-state index is 11.9. The number of ether oxygens (including phenoxy) is 2. The molecule has 0 bridgehead atoms. The van der Waals surface area contributed by atoms with Crippen molar-refractivity contribution in [2.45, 2.75) is 19.1 Å². The molecule has 1 aromatic heterocycles. The van der Waals surface area contributed by atoms with Crippen LogP contribution in [0.5, 0.6) is 0 Å². The van der Waals surface area contributed by atoms with E-state index in [2.05, 4.69) is 15.6 Å². The Labute approximate surface area is 109 Å². The van der Waals surface area contributed by atoms with Gasteiger partial charge in [-0.25, -0.2) is 4.98 Å². The minimum Gasteiger partial charge on any atom is -0.376 e. The van der Waals surface area contributed by atoms with Gasteiger partial charge in [-0.2, -0.15) is 0 Å². The number of thiazole rings is 1. The van der Waals surface area contributed by atoms with E-state index in [-0.39, 0.29) is 5.91 Å². The van der Waals surface area contributed by atoms with Crippen LogP contribution in [-0.4, -0.2) is 43.4 Å². The van der Waals surface area contributed by atoms with E-state index < -0.39 is 6.10 Å². The number of hydrogen-bond donors (Lipinski definition) is 2. The summed E-state index contributed by atoms with van der Waals surface area (Å²) in [6, 6.07) is 0.